The van der Waals surface area contributed by atoms with Crippen molar-refractivity contribution in [2.75, 3.05) is 62.7 Å². The van der Waals surface area contributed by atoms with Crippen molar-refractivity contribution in [1.29, 1.82) is 0 Å². The van der Waals surface area contributed by atoms with Gasteiger partial charge in [0.1, 0.15) is 18.5 Å². The van der Waals surface area contributed by atoms with Gasteiger partial charge in [0.25, 0.3) is 5.91 Å². The fraction of sp³-hybridized carbons (Fsp3) is 0.515. The standard InChI is InChI=1S/C33H38ClN7O3/c1-21-30(44-21)32(42)41-16-15-40(18-24(41)17-35-2)31-25-12-14-39(28-11-5-8-22-7-4-10-26(34)29(22)28)19-27(25)36-33(37-31)43-20-23-9-6-13-38(23)3/h4-5,7-8,10-11,21,23-24,30H,6,9,12-20H2,1,3H3/t21-,23+,24+,30-/m1/s1. The van der Waals surface area contributed by atoms with E-state index < -0.39 is 0 Å². The van der Waals surface area contributed by atoms with Crippen LogP contribution < -0.4 is 14.5 Å². The zero-order valence-corrected chi connectivity index (χ0v) is 26.0. The summed E-state index contributed by atoms with van der Waals surface area (Å²) in [5.41, 5.74) is 3.15. The first-order chi connectivity index (χ1) is 21.4. The SMILES string of the molecule is [C-]#[N+]C[C@H]1CN(c2nc(OC[C@@H]3CCCN3C)nc3c2CCN(c2cccc4cccc(Cl)c24)C3)CCN1C(=O)[C@@H]1O[C@@H]1C. The lowest BCUT2D eigenvalue weighted by molar-refractivity contribution is -0.135. The number of fused-ring (bicyclic) bond motifs is 2. The van der Waals surface area contributed by atoms with Crippen LogP contribution in [-0.2, 0) is 22.5 Å². The lowest BCUT2D eigenvalue weighted by Crippen LogP contribution is -2.58. The van der Waals surface area contributed by atoms with Gasteiger partial charge in [-0.15, -0.1) is 0 Å². The normalized spacial score (nSPS) is 25.2. The number of ether oxygens (including phenoxy) is 2. The molecule has 3 fully saturated rings. The molecule has 0 saturated carbocycles. The van der Waals surface area contributed by atoms with Crippen LogP contribution >= 0.6 is 11.6 Å². The van der Waals surface area contributed by atoms with E-state index in [1.165, 1.54) is 6.42 Å². The highest BCUT2D eigenvalue weighted by Crippen LogP contribution is 2.37. The van der Waals surface area contributed by atoms with Gasteiger partial charge in [0, 0.05) is 48.9 Å². The summed E-state index contributed by atoms with van der Waals surface area (Å²) in [5, 5.41) is 2.89. The molecular weight excluding hydrogens is 578 g/mol. The summed E-state index contributed by atoms with van der Waals surface area (Å²) < 4.78 is 11.8. The molecule has 4 atom stereocenters. The second-order valence-corrected chi connectivity index (χ2v) is 12.8. The molecule has 3 aromatic rings. The Balaban J connectivity index is 1.20. The first-order valence-corrected chi connectivity index (χ1v) is 16.0. The van der Waals surface area contributed by atoms with Gasteiger partial charge in [0.2, 0.25) is 6.54 Å². The summed E-state index contributed by atoms with van der Waals surface area (Å²) in [7, 11) is 2.14. The predicted molar refractivity (Wildman–Crippen MR) is 170 cm³/mol. The highest BCUT2D eigenvalue weighted by Gasteiger charge is 2.47. The third kappa shape index (κ3) is 5.53. The molecule has 1 aromatic heterocycles. The number of carbonyl (C=O) groups is 1. The molecule has 0 radical (unpaired) electrons. The maximum atomic E-state index is 13.1. The molecule has 3 saturated heterocycles. The molecule has 0 bridgehead atoms. The molecule has 0 unspecified atom stereocenters. The molecule has 1 amide bonds. The monoisotopic (exact) mass is 615 g/mol. The zero-order valence-electron chi connectivity index (χ0n) is 25.3. The highest BCUT2D eigenvalue weighted by molar-refractivity contribution is 6.36. The van der Waals surface area contributed by atoms with Crippen molar-refractivity contribution in [1.82, 2.24) is 19.8 Å². The van der Waals surface area contributed by atoms with Gasteiger partial charge in [-0.3, -0.25) is 4.79 Å². The summed E-state index contributed by atoms with van der Waals surface area (Å²) in [6, 6.07) is 12.8. The van der Waals surface area contributed by atoms with Crippen LogP contribution in [0.15, 0.2) is 36.4 Å². The van der Waals surface area contributed by atoms with Crippen molar-refractivity contribution in [3.63, 3.8) is 0 Å². The van der Waals surface area contributed by atoms with E-state index in [0.717, 1.165) is 64.5 Å². The first kappa shape index (κ1) is 29.1. The zero-order chi connectivity index (χ0) is 30.4. The van der Waals surface area contributed by atoms with E-state index in [-0.39, 0.29) is 30.7 Å². The average Bonchev–Trinajstić information content (AvgIpc) is 3.63. The number of likely N-dealkylation sites (N-methyl/N-ethyl adjacent to an activating group) is 1. The highest BCUT2D eigenvalue weighted by atomic mass is 35.5. The summed E-state index contributed by atoms with van der Waals surface area (Å²) in [5.74, 6) is 0.850. The van der Waals surface area contributed by atoms with Crippen LogP contribution in [0.2, 0.25) is 5.02 Å². The number of aromatic nitrogens is 2. The molecular formula is C33H38ClN7O3. The van der Waals surface area contributed by atoms with E-state index in [0.29, 0.717) is 44.8 Å². The quantitative estimate of drug-likeness (QED) is 0.291. The molecule has 7 rings (SSSR count). The lowest BCUT2D eigenvalue weighted by Gasteiger charge is -2.41. The Morgan fingerprint density at radius 2 is 1.93 bits per heavy atom. The molecule has 10 nitrogen and oxygen atoms in total. The van der Waals surface area contributed by atoms with Crippen LogP contribution in [0.4, 0.5) is 11.5 Å². The van der Waals surface area contributed by atoms with Crippen LogP contribution in [0.5, 0.6) is 6.01 Å². The van der Waals surface area contributed by atoms with Gasteiger partial charge in [-0.05, 0) is 57.3 Å². The Bertz CT molecular complexity index is 1610. The topological polar surface area (TPSA) is 81.9 Å². The maximum absolute atomic E-state index is 13.1. The molecule has 0 spiro atoms. The van der Waals surface area contributed by atoms with Crippen LogP contribution in [0.25, 0.3) is 15.6 Å². The molecule has 4 aliphatic rings. The Morgan fingerprint density at radius 1 is 1.11 bits per heavy atom. The van der Waals surface area contributed by atoms with Gasteiger partial charge in [-0.25, -0.2) is 6.57 Å². The first-order valence-electron chi connectivity index (χ1n) is 15.6. The Hall–Kier alpha value is -3.65. The molecule has 11 heteroatoms. The number of hydrogen-bond donors (Lipinski definition) is 0. The minimum Gasteiger partial charge on any atom is -0.462 e. The predicted octanol–water partition coefficient (Wildman–Crippen LogP) is 4.04. The summed E-state index contributed by atoms with van der Waals surface area (Å²) in [4.78, 5) is 35.6. The second kappa shape index (κ2) is 12.0. The molecule has 2 aromatic carbocycles. The number of nitrogens with zero attached hydrogens (tertiary/aromatic N) is 7. The maximum Gasteiger partial charge on any atom is 0.318 e. The van der Waals surface area contributed by atoms with Gasteiger partial charge < -0.3 is 33.9 Å². The van der Waals surface area contributed by atoms with E-state index >= 15 is 0 Å². The minimum atomic E-state index is -0.385. The number of halogens is 1. The number of hydrogen-bond acceptors (Lipinski definition) is 8. The molecule has 44 heavy (non-hydrogen) atoms. The van der Waals surface area contributed by atoms with E-state index in [2.05, 4.69) is 50.9 Å². The minimum absolute atomic E-state index is 0.00962. The Labute approximate surface area is 263 Å². The van der Waals surface area contributed by atoms with E-state index in [1.807, 2.05) is 24.0 Å². The van der Waals surface area contributed by atoms with Crippen molar-refractivity contribution in [3.05, 3.63) is 64.1 Å². The van der Waals surface area contributed by atoms with Crippen LogP contribution in [-0.4, -0.2) is 103 Å². The Kier molecular flexibility index (Phi) is 7.95. The van der Waals surface area contributed by atoms with Crippen LogP contribution in [0.3, 0.4) is 0 Å². The number of carbonyl (C=O) groups excluding carboxylic acids is 1. The van der Waals surface area contributed by atoms with Gasteiger partial charge in [0.05, 0.1) is 23.4 Å². The van der Waals surface area contributed by atoms with Crippen molar-refractivity contribution in [2.45, 2.75) is 57.0 Å². The van der Waals surface area contributed by atoms with E-state index in [1.54, 1.807) is 0 Å². The summed E-state index contributed by atoms with van der Waals surface area (Å²) in [6.45, 7) is 14.4. The third-order valence-corrected chi connectivity index (χ3v) is 9.91. The molecule has 4 aliphatic heterocycles. The third-order valence-electron chi connectivity index (χ3n) is 9.59. The summed E-state index contributed by atoms with van der Waals surface area (Å²) >= 11 is 6.71. The van der Waals surface area contributed by atoms with Gasteiger partial charge in [-0.1, -0.05) is 35.9 Å². The van der Waals surface area contributed by atoms with Crippen molar-refractivity contribution in [2.24, 2.45) is 0 Å². The number of likely N-dealkylation sites (tertiary alicyclic amines) is 1. The molecule has 5 heterocycles. The second-order valence-electron chi connectivity index (χ2n) is 12.4. The number of anilines is 2. The van der Waals surface area contributed by atoms with Gasteiger partial charge in [0.15, 0.2) is 6.10 Å². The largest absolute Gasteiger partial charge is 0.462 e. The molecule has 0 aliphatic carbocycles. The lowest BCUT2D eigenvalue weighted by atomic mass is 10.0. The number of epoxide rings is 1. The number of benzene rings is 2. The number of piperazine rings is 1. The fourth-order valence-electron chi connectivity index (χ4n) is 7.03. The van der Waals surface area contributed by atoms with Gasteiger partial charge in [-0.2, -0.15) is 9.97 Å². The number of rotatable bonds is 7. The molecule has 0 N–H and O–H groups in total. The van der Waals surface area contributed by atoms with Crippen molar-refractivity contribution < 1.29 is 14.3 Å². The van der Waals surface area contributed by atoms with E-state index in [9.17, 15) is 4.79 Å². The van der Waals surface area contributed by atoms with Crippen LogP contribution in [0.1, 0.15) is 31.0 Å². The van der Waals surface area contributed by atoms with E-state index in [4.69, 9.17) is 37.6 Å². The van der Waals surface area contributed by atoms with Crippen molar-refractivity contribution in [3.8, 4) is 6.01 Å². The van der Waals surface area contributed by atoms with Gasteiger partial charge >= 0.3 is 6.01 Å². The summed E-state index contributed by atoms with van der Waals surface area (Å²) in [6.07, 6.45) is 2.59. The van der Waals surface area contributed by atoms with Crippen LogP contribution in [0, 0.1) is 6.57 Å². The number of amides is 1. The fourth-order valence-corrected chi connectivity index (χ4v) is 7.31. The molecule has 230 valence electrons. The Morgan fingerprint density at radius 3 is 2.68 bits per heavy atom. The van der Waals surface area contributed by atoms with Crippen molar-refractivity contribution >= 4 is 39.8 Å². The average molecular weight is 616 g/mol. The smallest absolute Gasteiger partial charge is 0.318 e.